The number of fused-ring (bicyclic) bond motifs is 2. The zero-order valence-electron chi connectivity index (χ0n) is 17.3. The van der Waals surface area contributed by atoms with Crippen molar-refractivity contribution in [1.82, 2.24) is 14.6 Å². The lowest BCUT2D eigenvalue weighted by molar-refractivity contribution is 0.168. The minimum atomic E-state index is -0.0521. The molecule has 1 atom stereocenters. The van der Waals surface area contributed by atoms with Crippen molar-refractivity contribution in [3.8, 4) is 17.4 Å². The summed E-state index contributed by atoms with van der Waals surface area (Å²) in [7, 11) is 3.30. The lowest BCUT2D eigenvalue weighted by Gasteiger charge is -2.28. The number of benzene rings is 1. The molecule has 31 heavy (non-hydrogen) atoms. The molecule has 6 nitrogen and oxygen atoms in total. The van der Waals surface area contributed by atoms with Crippen LogP contribution in [0.25, 0.3) is 5.52 Å². The third kappa shape index (κ3) is 3.85. The summed E-state index contributed by atoms with van der Waals surface area (Å²) in [5.74, 6) is 2.18. The van der Waals surface area contributed by atoms with Crippen LogP contribution in [0.3, 0.4) is 0 Å². The van der Waals surface area contributed by atoms with Crippen LogP contribution in [-0.2, 0) is 12.8 Å². The van der Waals surface area contributed by atoms with Crippen LogP contribution in [0, 0.1) is 0 Å². The van der Waals surface area contributed by atoms with E-state index in [9.17, 15) is 0 Å². The minimum absolute atomic E-state index is 0.0521. The van der Waals surface area contributed by atoms with Gasteiger partial charge in [0, 0.05) is 40.5 Å². The van der Waals surface area contributed by atoms with Crippen molar-refractivity contribution < 1.29 is 14.2 Å². The monoisotopic (exact) mass is 479 g/mol. The van der Waals surface area contributed by atoms with Crippen LogP contribution in [0.15, 0.2) is 59.5 Å². The number of ether oxygens (including phenoxy) is 3. The number of aryl methyl sites for hydroxylation is 1. The fourth-order valence-corrected chi connectivity index (χ4v) is 4.42. The van der Waals surface area contributed by atoms with Crippen molar-refractivity contribution in [3.63, 3.8) is 0 Å². The Kier molecular flexibility index (Phi) is 5.28. The van der Waals surface area contributed by atoms with Crippen molar-refractivity contribution in [3.05, 3.63) is 81.7 Å². The largest absolute Gasteiger partial charge is 0.493 e. The van der Waals surface area contributed by atoms with Gasteiger partial charge < -0.3 is 14.2 Å². The van der Waals surface area contributed by atoms with Gasteiger partial charge in [0.2, 0.25) is 5.88 Å². The van der Waals surface area contributed by atoms with Gasteiger partial charge >= 0.3 is 0 Å². The van der Waals surface area contributed by atoms with E-state index in [1.165, 1.54) is 16.7 Å². The zero-order chi connectivity index (χ0) is 21.4. The molecule has 4 aromatic rings. The molecule has 1 unspecified atom stereocenters. The van der Waals surface area contributed by atoms with Gasteiger partial charge in [-0.3, -0.25) is 0 Å². The predicted molar refractivity (Wildman–Crippen MR) is 121 cm³/mol. The van der Waals surface area contributed by atoms with E-state index in [0.717, 1.165) is 46.3 Å². The molecule has 0 bridgehead atoms. The Balaban J connectivity index is 1.42. The molecule has 158 valence electrons. The van der Waals surface area contributed by atoms with Crippen molar-refractivity contribution in [2.45, 2.75) is 25.4 Å². The summed E-state index contributed by atoms with van der Waals surface area (Å²) >= 11 is 3.50. The second kappa shape index (κ2) is 8.23. The molecule has 1 aliphatic rings. The summed E-state index contributed by atoms with van der Waals surface area (Å²) in [4.78, 5) is 4.31. The number of hydrogen-bond donors (Lipinski definition) is 0. The predicted octanol–water partition coefficient (Wildman–Crippen LogP) is 5.17. The molecule has 0 saturated heterocycles. The van der Waals surface area contributed by atoms with Gasteiger partial charge in [-0.2, -0.15) is 5.10 Å². The Labute approximate surface area is 188 Å². The molecule has 3 aromatic heterocycles. The number of aromatic nitrogens is 3. The lowest BCUT2D eigenvalue weighted by Crippen LogP contribution is -2.16. The number of pyridine rings is 2. The number of nitrogens with zero attached hydrogens (tertiary/aromatic N) is 3. The molecule has 0 fully saturated rings. The first-order valence-electron chi connectivity index (χ1n) is 10.1. The smallest absolute Gasteiger partial charge is 0.212 e. The molecule has 0 aliphatic carbocycles. The van der Waals surface area contributed by atoms with Crippen LogP contribution in [0.5, 0.6) is 17.4 Å². The topological polar surface area (TPSA) is 57.9 Å². The second-order valence-corrected chi connectivity index (χ2v) is 8.50. The summed E-state index contributed by atoms with van der Waals surface area (Å²) in [6, 6.07) is 12.3. The summed E-state index contributed by atoms with van der Waals surface area (Å²) in [6.45, 7) is 0. The number of rotatable bonds is 5. The molecule has 0 radical (unpaired) electrons. The molecule has 0 amide bonds. The molecular formula is C24H22BrN3O3. The highest BCUT2D eigenvalue weighted by atomic mass is 79.9. The number of halogens is 1. The average Bonchev–Trinajstić information content (AvgIpc) is 3.19. The molecule has 1 aliphatic heterocycles. The summed E-state index contributed by atoms with van der Waals surface area (Å²) in [5, 5.41) is 4.48. The Morgan fingerprint density at radius 3 is 2.81 bits per heavy atom. The van der Waals surface area contributed by atoms with E-state index in [1.807, 2.05) is 41.3 Å². The van der Waals surface area contributed by atoms with E-state index in [2.05, 4.69) is 44.2 Å². The van der Waals surface area contributed by atoms with Gasteiger partial charge in [0.25, 0.3) is 0 Å². The van der Waals surface area contributed by atoms with E-state index in [4.69, 9.17) is 14.2 Å². The van der Waals surface area contributed by atoms with Gasteiger partial charge in [0.05, 0.1) is 25.9 Å². The molecule has 0 spiro atoms. The Morgan fingerprint density at radius 2 is 2.03 bits per heavy atom. The third-order valence-corrected chi connectivity index (χ3v) is 6.11. The SMILES string of the molecule is COc1ccc(C2CCc3cc(Cc4cnn5cc(Br)ccc45)cc(OC)c3O2)cn1. The standard InChI is InChI=1S/C24H22BrN3O3/c1-29-22-11-15(10-18-13-27-28-14-19(25)5-6-20(18)28)9-16-3-7-21(31-24(16)22)17-4-8-23(30-2)26-12-17/h4-6,8-9,11-14,21H,3,7,10H2,1-2H3. The molecule has 4 heterocycles. The third-order valence-electron chi connectivity index (χ3n) is 5.64. The first-order chi connectivity index (χ1) is 15.1. The maximum absolute atomic E-state index is 6.36. The molecule has 7 heteroatoms. The van der Waals surface area contributed by atoms with Crippen LogP contribution in [0.4, 0.5) is 0 Å². The molecule has 0 N–H and O–H groups in total. The van der Waals surface area contributed by atoms with Gasteiger partial charge in [-0.15, -0.1) is 0 Å². The quantitative estimate of drug-likeness (QED) is 0.395. The molecule has 5 rings (SSSR count). The van der Waals surface area contributed by atoms with E-state index in [-0.39, 0.29) is 6.10 Å². The van der Waals surface area contributed by atoms with E-state index < -0.39 is 0 Å². The van der Waals surface area contributed by atoms with E-state index in [0.29, 0.717) is 5.88 Å². The molecule has 1 aromatic carbocycles. The van der Waals surface area contributed by atoms with Crippen LogP contribution >= 0.6 is 15.9 Å². The Bertz CT molecular complexity index is 1220. The van der Waals surface area contributed by atoms with Crippen LogP contribution < -0.4 is 14.2 Å². The number of methoxy groups -OCH3 is 2. The first-order valence-corrected chi connectivity index (χ1v) is 10.9. The zero-order valence-corrected chi connectivity index (χ0v) is 18.9. The maximum Gasteiger partial charge on any atom is 0.212 e. The fraction of sp³-hybridized carbons (Fsp3) is 0.250. The molecule has 0 saturated carbocycles. The summed E-state index contributed by atoms with van der Waals surface area (Å²) < 4.78 is 20.1. The second-order valence-electron chi connectivity index (χ2n) is 7.59. The van der Waals surface area contributed by atoms with Crippen molar-refractivity contribution >= 4 is 21.4 Å². The van der Waals surface area contributed by atoms with Crippen LogP contribution in [0.2, 0.25) is 0 Å². The van der Waals surface area contributed by atoms with Gasteiger partial charge in [0.15, 0.2) is 11.5 Å². The Hall–Kier alpha value is -3.06. The highest BCUT2D eigenvalue weighted by Gasteiger charge is 2.25. The maximum atomic E-state index is 6.36. The van der Waals surface area contributed by atoms with Gasteiger partial charge in [-0.25, -0.2) is 9.50 Å². The van der Waals surface area contributed by atoms with E-state index in [1.54, 1.807) is 14.2 Å². The Morgan fingerprint density at radius 1 is 1.13 bits per heavy atom. The van der Waals surface area contributed by atoms with Gasteiger partial charge in [-0.05, 0) is 64.2 Å². The fourth-order valence-electron chi connectivity index (χ4n) is 4.09. The summed E-state index contributed by atoms with van der Waals surface area (Å²) in [6.07, 6.45) is 8.24. The van der Waals surface area contributed by atoms with Gasteiger partial charge in [0.1, 0.15) is 6.10 Å². The van der Waals surface area contributed by atoms with Crippen molar-refractivity contribution in [2.24, 2.45) is 0 Å². The number of hydrogen-bond acceptors (Lipinski definition) is 5. The van der Waals surface area contributed by atoms with Crippen molar-refractivity contribution in [1.29, 1.82) is 0 Å². The first kappa shape index (κ1) is 19.9. The van der Waals surface area contributed by atoms with Crippen LogP contribution in [-0.4, -0.2) is 28.8 Å². The van der Waals surface area contributed by atoms with Gasteiger partial charge in [-0.1, -0.05) is 6.07 Å². The van der Waals surface area contributed by atoms with Crippen LogP contribution in [0.1, 0.15) is 34.8 Å². The highest BCUT2D eigenvalue weighted by Crippen LogP contribution is 2.42. The summed E-state index contributed by atoms with van der Waals surface area (Å²) in [5.41, 5.74) is 5.67. The normalized spacial score (nSPS) is 15.4. The average molecular weight is 480 g/mol. The van der Waals surface area contributed by atoms with E-state index >= 15 is 0 Å². The lowest BCUT2D eigenvalue weighted by atomic mass is 9.95. The molecular weight excluding hydrogens is 458 g/mol. The highest BCUT2D eigenvalue weighted by molar-refractivity contribution is 9.10. The van der Waals surface area contributed by atoms with Crippen molar-refractivity contribution in [2.75, 3.05) is 14.2 Å². The minimum Gasteiger partial charge on any atom is -0.493 e.